The monoisotopic (exact) mass is 353 g/mol. The van der Waals surface area contributed by atoms with Crippen molar-refractivity contribution in [3.8, 4) is 0 Å². The van der Waals surface area contributed by atoms with Crippen LogP contribution in [-0.4, -0.2) is 0 Å². The lowest BCUT2D eigenvalue weighted by Crippen LogP contribution is -2.12. The minimum Gasteiger partial charge on any atom is -0.323 e. The number of hydrogen-bond acceptors (Lipinski definition) is 2. The van der Waals surface area contributed by atoms with Gasteiger partial charge < -0.3 is 5.73 Å². The molecule has 3 rings (SSSR count). The number of thiophene rings is 1. The van der Waals surface area contributed by atoms with Gasteiger partial charge in [0.15, 0.2) is 0 Å². The van der Waals surface area contributed by atoms with Crippen molar-refractivity contribution in [1.29, 1.82) is 0 Å². The highest BCUT2D eigenvalue weighted by Gasteiger charge is 2.18. The summed E-state index contributed by atoms with van der Waals surface area (Å²) in [6.45, 7) is 0. The van der Waals surface area contributed by atoms with Gasteiger partial charge in [-0.15, -0.1) is 11.3 Å². The van der Waals surface area contributed by atoms with Gasteiger partial charge in [-0.1, -0.05) is 15.9 Å². The molecular formula is C16H17BrFNS. The minimum absolute atomic E-state index is 0.0521. The van der Waals surface area contributed by atoms with Gasteiger partial charge in [-0.3, -0.25) is 0 Å². The minimum atomic E-state index is -0.208. The fourth-order valence-electron chi connectivity index (χ4n) is 2.73. The maximum Gasteiger partial charge on any atom is 0.123 e. The Bertz CT molecular complexity index is 599. The zero-order valence-corrected chi connectivity index (χ0v) is 13.6. The molecule has 106 valence electrons. The maximum atomic E-state index is 13.3. The predicted molar refractivity (Wildman–Crippen MR) is 85.7 cm³/mol. The van der Waals surface area contributed by atoms with Crippen molar-refractivity contribution in [2.24, 2.45) is 5.73 Å². The third-order valence-electron chi connectivity index (χ3n) is 3.83. The summed E-state index contributed by atoms with van der Waals surface area (Å²) in [5.74, 6) is -0.208. The van der Waals surface area contributed by atoms with Crippen molar-refractivity contribution in [3.63, 3.8) is 0 Å². The van der Waals surface area contributed by atoms with Crippen LogP contribution in [0, 0.1) is 5.82 Å². The molecule has 0 bridgehead atoms. The Morgan fingerprint density at radius 2 is 2.05 bits per heavy atom. The number of rotatable bonds is 3. The topological polar surface area (TPSA) is 26.0 Å². The quantitative estimate of drug-likeness (QED) is 0.844. The normalized spacial score (nSPS) is 15.9. The molecule has 0 fully saturated rings. The van der Waals surface area contributed by atoms with E-state index < -0.39 is 0 Å². The van der Waals surface area contributed by atoms with Crippen LogP contribution in [0.15, 0.2) is 28.7 Å². The Kier molecular flexibility index (Phi) is 4.24. The first-order valence-corrected chi connectivity index (χ1v) is 8.55. The Morgan fingerprint density at radius 1 is 1.25 bits per heavy atom. The Balaban J connectivity index is 1.80. The fourth-order valence-corrected chi connectivity index (χ4v) is 4.40. The van der Waals surface area contributed by atoms with E-state index in [1.165, 1.54) is 47.1 Å². The van der Waals surface area contributed by atoms with Gasteiger partial charge in [0.05, 0.1) is 0 Å². The molecule has 1 aromatic carbocycles. The molecule has 0 aliphatic heterocycles. The van der Waals surface area contributed by atoms with E-state index in [9.17, 15) is 4.39 Å². The van der Waals surface area contributed by atoms with Crippen molar-refractivity contribution >= 4 is 27.3 Å². The highest BCUT2D eigenvalue weighted by Crippen LogP contribution is 2.34. The van der Waals surface area contributed by atoms with Crippen LogP contribution in [0.1, 0.15) is 39.8 Å². The van der Waals surface area contributed by atoms with Gasteiger partial charge in [-0.25, -0.2) is 4.39 Å². The highest BCUT2D eigenvalue weighted by molar-refractivity contribution is 9.10. The third-order valence-corrected chi connectivity index (χ3v) is 5.97. The lowest BCUT2D eigenvalue weighted by atomic mass is 9.98. The molecule has 2 N–H and O–H groups in total. The zero-order chi connectivity index (χ0) is 14.1. The summed E-state index contributed by atoms with van der Waals surface area (Å²) in [6.07, 6.45) is 5.61. The average molecular weight is 354 g/mol. The van der Waals surface area contributed by atoms with Gasteiger partial charge in [0.1, 0.15) is 5.82 Å². The summed E-state index contributed by atoms with van der Waals surface area (Å²) in [5, 5.41) is 0. The van der Waals surface area contributed by atoms with Gasteiger partial charge in [-0.2, -0.15) is 0 Å². The molecule has 1 aliphatic carbocycles. The van der Waals surface area contributed by atoms with Crippen LogP contribution in [-0.2, 0) is 19.3 Å². The molecule has 0 radical (unpaired) electrons. The fraction of sp³-hybridized carbons (Fsp3) is 0.375. The van der Waals surface area contributed by atoms with Gasteiger partial charge in [-0.05, 0) is 67.5 Å². The first kappa shape index (κ1) is 14.2. The highest BCUT2D eigenvalue weighted by atomic mass is 79.9. The molecule has 0 saturated carbocycles. The van der Waals surface area contributed by atoms with Gasteiger partial charge in [0.25, 0.3) is 0 Å². The van der Waals surface area contributed by atoms with Crippen LogP contribution in [0.5, 0.6) is 0 Å². The summed E-state index contributed by atoms with van der Waals surface area (Å²) in [6, 6.07) is 6.98. The van der Waals surface area contributed by atoms with Crippen LogP contribution in [0.2, 0.25) is 0 Å². The number of fused-ring (bicyclic) bond motifs is 1. The molecule has 1 aromatic heterocycles. The molecule has 1 aliphatic rings. The van der Waals surface area contributed by atoms with Crippen molar-refractivity contribution in [3.05, 3.63) is 55.4 Å². The molecule has 0 amide bonds. The van der Waals surface area contributed by atoms with E-state index in [2.05, 4.69) is 22.0 Å². The van der Waals surface area contributed by atoms with Crippen molar-refractivity contribution in [2.75, 3.05) is 0 Å². The Hall–Kier alpha value is -0.710. The number of halogens is 2. The van der Waals surface area contributed by atoms with Crippen molar-refractivity contribution in [2.45, 2.75) is 38.1 Å². The molecule has 2 aromatic rings. The van der Waals surface area contributed by atoms with Crippen molar-refractivity contribution < 1.29 is 4.39 Å². The second kappa shape index (κ2) is 5.96. The lowest BCUT2D eigenvalue weighted by molar-refractivity contribution is 0.621. The average Bonchev–Trinajstić information content (AvgIpc) is 2.87. The van der Waals surface area contributed by atoms with Crippen LogP contribution in [0.25, 0.3) is 0 Å². The summed E-state index contributed by atoms with van der Waals surface area (Å²) >= 11 is 5.31. The summed E-state index contributed by atoms with van der Waals surface area (Å²) < 4.78 is 14.3. The summed E-state index contributed by atoms with van der Waals surface area (Å²) in [5.41, 5.74) is 8.74. The van der Waals surface area contributed by atoms with Crippen LogP contribution in [0.4, 0.5) is 4.39 Å². The number of aryl methyl sites for hydroxylation is 2. The van der Waals surface area contributed by atoms with E-state index in [1.807, 2.05) is 11.3 Å². The van der Waals surface area contributed by atoms with Gasteiger partial charge >= 0.3 is 0 Å². The molecule has 1 atom stereocenters. The number of hydrogen-bond donors (Lipinski definition) is 1. The molecular weight excluding hydrogens is 337 g/mol. The SMILES string of the molecule is NC(Cc1cc(F)ccc1Br)c1cc2c(s1)CCCC2. The third kappa shape index (κ3) is 2.97. The molecule has 1 heterocycles. The molecule has 0 spiro atoms. The molecule has 4 heteroatoms. The maximum absolute atomic E-state index is 13.3. The largest absolute Gasteiger partial charge is 0.323 e. The zero-order valence-electron chi connectivity index (χ0n) is 11.2. The lowest BCUT2D eigenvalue weighted by Gasteiger charge is -2.11. The first-order valence-electron chi connectivity index (χ1n) is 6.94. The second-order valence-electron chi connectivity index (χ2n) is 5.35. The van der Waals surface area contributed by atoms with E-state index in [0.717, 1.165) is 10.0 Å². The van der Waals surface area contributed by atoms with Gasteiger partial charge in [0.2, 0.25) is 0 Å². The Morgan fingerprint density at radius 3 is 2.85 bits per heavy atom. The summed E-state index contributed by atoms with van der Waals surface area (Å²) in [7, 11) is 0. The molecule has 1 unspecified atom stereocenters. The van der Waals surface area contributed by atoms with E-state index in [1.54, 1.807) is 12.1 Å². The number of benzene rings is 1. The van der Waals surface area contributed by atoms with E-state index in [4.69, 9.17) is 5.73 Å². The predicted octanol–water partition coefficient (Wildman–Crippen LogP) is 4.77. The van der Waals surface area contributed by atoms with Crippen LogP contribution in [0.3, 0.4) is 0 Å². The standard InChI is InChI=1S/C16H17BrFNS/c17-13-6-5-12(18)7-11(13)8-14(19)16-9-10-3-1-2-4-15(10)20-16/h5-7,9,14H,1-4,8,19H2. The smallest absolute Gasteiger partial charge is 0.123 e. The van der Waals surface area contributed by atoms with E-state index >= 15 is 0 Å². The number of nitrogens with two attached hydrogens (primary N) is 1. The molecule has 0 saturated heterocycles. The molecule has 1 nitrogen and oxygen atoms in total. The Labute approximate surface area is 131 Å². The van der Waals surface area contributed by atoms with Crippen molar-refractivity contribution in [1.82, 2.24) is 0 Å². The van der Waals surface area contributed by atoms with Gasteiger partial charge in [0, 0.05) is 20.3 Å². The van der Waals surface area contributed by atoms with E-state index in [-0.39, 0.29) is 11.9 Å². The second-order valence-corrected chi connectivity index (χ2v) is 7.37. The first-order chi connectivity index (χ1) is 9.63. The molecule has 20 heavy (non-hydrogen) atoms. The van der Waals surface area contributed by atoms with E-state index in [0.29, 0.717) is 6.42 Å². The summed E-state index contributed by atoms with van der Waals surface area (Å²) in [4.78, 5) is 2.73. The van der Waals surface area contributed by atoms with Crippen LogP contribution >= 0.6 is 27.3 Å². The van der Waals surface area contributed by atoms with Crippen LogP contribution < -0.4 is 5.73 Å².